The number of amides is 1. The Morgan fingerprint density at radius 2 is 1.96 bits per heavy atom. The molecule has 0 aliphatic carbocycles. The van der Waals surface area contributed by atoms with Crippen molar-refractivity contribution >= 4 is 39.1 Å². The Morgan fingerprint density at radius 3 is 2.80 bits per heavy atom. The van der Waals surface area contributed by atoms with Crippen LogP contribution in [0, 0.1) is 10.1 Å². The third kappa shape index (κ3) is 2.61. The topological polar surface area (TPSA) is 93.0 Å². The number of nitro benzene ring substituents is 1. The predicted octanol–water partition coefficient (Wildman–Crippen LogP) is 3.67. The van der Waals surface area contributed by atoms with Gasteiger partial charge >= 0.3 is 0 Å². The van der Waals surface area contributed by atoms with Crippen molar-refractivity contribution < 1.29 is 9.72 Å². The minimum absolute atomic E-state index is 0.0359. The van der Waals surface area contributed by atoms with Crippen molar-refractivity contribution in [1.29, 1.82) is 0 Å². The second-order valence-corrected chi connectivity index (χ2v) is 5.70. The number of rotatable bonds is 4. The van der Waals surface area contributed by atoms with Gasteiger partial charge in [-0.1, -0.05) is 12.1 Å². The Hall–Kier alpha value is -3.61. The van der Waals surface area contributed by atoms with Gasteiger partial charge in [0.1, 0.15) is 6.54 Å². The predicted molar refractivity (Wildman–Crippen MR) is 95.5 cm³/mol. The van der Waals surface area contributed by atoms with Crippen molar-refractivity contribution in [3.05, 3.63) is 71.0 Å². The van der Waals surface area contributed by atoms with E-state index >= 15 is 0 Å². The molecular formula is C18H14N4O3. The fraction of sp³-hybridized carbons (Fsp3) is 0.0556. The molecule has 0 atom stereocenters. The van der Waals surface area contributed by atoms with Gasteiger partial charge in [-0.05, 0) is 30.3 Å². The van der Waals surface area contributed by atoms with E-state index in [0.717, 1.165) is 16.6 Å². The Bertz CT molecular complexity index is 1110. The Morgan fingerprint density at radius 1 is 1.12 bits per heavy atom. The summed E-state index contributed by atoms with van der Waals surface area (Å²) >= 11 is 0. The zero-order valence-corrected chi connectivity index (χ0v) is 13.1. The first kappa shape index (κ1) is 14.9. The van der Waals surface area contributed by atoms with Crippen LogP contribution < -0.4 is 5.32 Å². The van der Waals surface area contributed by atoms with E-state index in [-0.39, 0.29) is 18.1 Å². The summed E-state index contributed by atoms with van der Waals surface area (Å²) in [6, 6.07) is 14.0. The average Bonchev–Trinajstić information content (AvgIpc) is 3.22. The van der Waals surface area contributed by atoms with Crippen molar-refractivity contribution in [2.75, 3.05) is 5.32 Å². The maximum Gasteiger partial charge on any atom is 0.278 e. The largest absolute Gasteiger partial charge is 0.361 e. The smallest absolute Gasteiger partial charge is 0.278 e. The molecule has 0 radical (unpaired) electrons. The number of hydrogen-bond acceptors (Lipinski definition) is 3. The molecule has 7 nitrogen and oxygen atoms in total. The van der Waals surface area contributed by atoms with Crippen LogP contribution in [0.2, 0.25) is 0 Å². The van der Waals surface area contributed by atoms with E-state index < -0.39 is 4.92 Å². The Kier molecular flexibility index (Phi) is 3.46. The molecule has 25 heavy (non-hydrogen) atoms. The van der Waals surface area contributed by atoms with Crippen molar-refractivity contribution in [3.63, 3.8) is 0 Å². The summed E-state index contributed by atoms with van der Waals surface area (Å²) in [6.45, 7) is 0.0749. The van der Waals surface area contributed by atoms with Crippen LogP contribution in [0.25, 0.3) is 21.8 Å². The Labute approximate surface area is 142 Å². The number of nitro groups is 1. The van der Waals surface area contributed by atoms with Gasteiger partial charge in [0.05, 0.1) is 21.5 Å². The van der Waals surface area contributed by atoms with Crippen LogP contribution in [0.3, 0.4) is 0 Å². The third-order valence-electron chi connectivity index (χ3n) is 4.17. The molecule has 2 N–H and O–H groups in total. The zero-order valence-electron chi connectivity index (χ0n) is 13.1. The van der Waals surface area contributed by atoms with Crippen LogP contribution in [-0.4, -0.2) is 20.4 Å². The quantitative estimate of drug-likeness (QED) is 0.440. The minimum Gasteiger partial charge on any atom is -0.361 e. The summed E-state index contributed by atoms with van der Waals surface area (Å²) in [6.07, 6.45) is 3.51. The molecule has 0 saturated carbocycles. The first-order valence-electron chi connectivity index (χ1n) is 7.72. The average molecular weight is 334 g/mol. The number of aromatic nitrogens is 2. The normalized spacial score (nSPS) is 11.0. The minimum atomic E-state index is -0.417. The summed E-state index contributed by atoms with van der Waals surface area (Å²) in [7, 11) is 0. The van der Waals surface area contributed by atoms with Crippen LogP contribution >= 0.6 is 0 Å². The molecule has 4 rings (SSSR count). The monoisotopic (exact) mass is 334 g/mol. The fourth-order valence-corrected chi connectivity index (χ4v) is 3.04. The summed E-state index contributed by atoms with van der Waals surface area (Å²) in [4.78, 5) is 26.2. The number of nitrogens with one attached hydrogen (secondary N) is 2. The number of nitrogens with zero attached hydrogens (tertiary/aromatic N) is 2. The van der Waals surface area contributed by atoms with E-state index in [1.807, 2.05) is 30.5 Å². The van der Waals surface area contributed by atoms with Gasteiger partial charge in [-0.15, -0.1) is 0 Å². The lowest BCUT2D eigenvalue weighted by atomic mass is 10.2. The highest BCUT2D eigenvalue weighted by Crippen LogP contribution is 2.26. The SMILES string of the molecule is O=C(Cn1ccc2c([N+](=O)[O-])cccc21)Nc1cccc2[nH]ccc12. The molecule has 2 aromatic heterocycles. The van der Waals surface area contributed by atoms with Gasteiger partial charge in [0.2, 0.25) is 5.91 Å². The first-order chi connectivity index (χ1) is 12.1. The first-order valence-corrected chi connectivity index (χ1v) is 7.72. The lowest BCUT2D eigenvalue weighted by molar-refractivity contribution is -0.383. The molecule has 0 bridgehead atoms. The number of carbonyl (C=O) groups is 1. The molecule has 0 saturated heterocycles. The number of hydrogen-bond donors (Lipinski definition) is 2. The molecule has 1 amide bonds. The molecule has 0 spiro atoms. The molecule has 0 unspecified atom stereocenters. The third-order valence-corrected chi connectivity index (χ3v) is 4.17. The molecule has 124 valence electrons. The fourth-order valence-electron chi connectivity index (χ4n) is 3.04. The van der Waals surface area contributed by atoms with Gasteiger partial charge in [0, 0.05) is 29.4 Å². The van der Waals surface area contributed by atoms with Crippen molar-refractivity contribution in [2.45, 2.75) is 6.54 Å². The van der Waals surface area contributed by atoms with Crippen molar-refractivity contribution in [2.24, 2.45) is 0 Å². The highest BCUT2D eigenvalue weighted by atomic mass is 16.6. The van der Waals surface area contributed by atoms with E-state index in [0.29, 0.717) is 10.9 Å². The van der Waals surface area contributed by atoms with Gasteiger partial charge in [-0.3, -0.25) is 14.9 Å². The van der Waals surface area contributed by atoms with E-state index in [4.69, 9.17) is 0 Å². The summed E-state index contributed by atoms with van der Waals surface area (Å²) in [5.74, 6) is -0.197. The van der Waals surface area contributed by atoms with Gasteiger partial charge in [0.25, 0.3) is 5.69 Å². The molecule has 2 heterocycles. The highest BCUT2D eigenvalue weighted by molar-refractivity contribution is 6.01. The van der Waals surface area contributed by atoms with Crippen LogP contribution in [0.15, 0.2) is 60.9 Å². The lowest BCUT2D eigenvalue weighted by Gasteiger charge is -2.08. The van der Waals surface area contributed by atoms with Crippen molar-refractivity contribution in [3.8, 4) is 0 Å². The van der Waals surface area contributed by atoms with E-state index in [1.165, 1.54) is 6.07 Å². The van der Waals surface area contributed by atoms with Gasteiger partial charge in [0.15, 0.2) is 0 Å². The summed E-state index contributed by atoms with van der Waals surface area (Å²) in [5.41, 5.74) is 2.36. The molecule has 0 aliphatic heterocycles. The second kappa shape index (κ2) is 5.79. The van der Waals surface area contributed by atoms with Gasteiger partial charge < -0.3 is 14.9 Å². The molecule has 0 fully saturated rings. The highest BCUT2D eigenvalue weighted by Gasteiger charge is 2.15. The van der Waals surface area contributed by atoms with Gasteiger partial charge in [-0.2, -0.15) is 0 Å². The number of H-pyrrole nitrogens is 1. The summed E-state index contributed by atoms with van der Waals surface area (Å²) in [5, 5.41) is 15.5. The van der Waals surface area contributed by atoms with Crippen LogP contribution in [0.5, 0.6) is 0 Å². The van der Waals surface area contributed by atoms with E-state index in [1.54, 1.807) is 29.0 Å². The number of carbonyl (C=O) groups excluding carboxylic acids is 1. The maximum absolute atomic E-state index is 12.4. The number of aromatic amines is 1. The summed E-state index contributed by atoms with van der Waals surface area (Å²) < 4.78 is 1.70. The second-order valence-electron chi connectivity index (χ2n) is 5.70. The maximum atomic E-state index is 12.4. The zero-order chi connectivity index (χ0) is 17.4. The number of non-ortho nitro benzene ring substituents is 1. The van der Waals surface area contributed by atoms with Gasteiger partial charge in [-0.25, -0.2) is 0 Å². The van der Waals surface area contributed by atoms with Crippen LogP contribution in [0.1, 0.15) is 0 Å². The van der Waals surface area contributed by atoms with E-state index in [2.05, 4.69) is 10.3 Å². The molecule has 4 aromatic rings. The standard InChI is InChI=1S/C18H14N4O3/c23-18(20-15-4-1-3-14-12(15)7-9-19-14)11-21-10-8-13-16(21)5-2-6-17(13)22(24)25/h1-10,19H,11H2,(H,20,23). The number of benzene rings is 2. The van der Waals surface area contributed by atoms with Crippen LogP contribution in [-0.2, 0) is 11.3 Å². The molecule has 0 aliphatic rings. The molecule has 2 aromatic carbocycles. The van der Waals surface area contributed by atoms with E-state index in [9.17, 15) is 14.9 Å². The molecular weight excluding hydrogens is 320 g/mol. The van der Waals surface area contributed by atoms with Crippen molar-refractivity contribution in [1.82, 2.24) is 9.55 Å². The number of anilines is 1. The lowest BCUT2D eigenvalue weighted by Crippen LogP contribution is -2.18. The number of fused-ring (bicyclic) bond motifs is 2. The van der Waals surface area contributed by atoms with Crippen LogP contribution in [0.4, 0.5) is 11.4 Å². The Balaban J connectivity index is 1.61. The molecule has 7 heteroatoms.